The van der Waals surface area contributed by atoms with Gasteiger partial charge in [0.15, 0.2) is 0 Å². The molecule has 0 fully saturated rings. The van der Waals surface area contributed by atoms with Crippen molar-refractivity contribution in [2.75, 3.05) is 42.5 Å². The van der Waals surface area contributed by atoms with Gasteiger partial charge in [-0.15, -0.1) is 0 Å². The van der Waals surface area contributed by atoms with Crippen LogP contribution in [0.15, 0.2) is 16.8 Å². The molecular weight excluding hydrogens is 426 g/mol. The van der Waals surface area contributed by atoms with Crippen LogP contribution in [0.3, 0.4) is 0 Å². The van der Waals surface area contributed by atoms with Crippen LogP contribution < -0.4 is 11.1 Å². The van der Waals surface area contributed by atoms with Crippen molar-refractivity contribution in [3.8, 4) is 0 Å². The number of ketones is 1. The maximum Gasteiger partial charge on any atom is 0.332 e. The molecule has 0 bridgehead atoms. The fourth-order valence-corrected chi connectivity index (χ4v) is 0.943. The smallest absolute Gasteiger partial charge is 0.332 e. The Morgan fingerprint density at radius 3 is 1.44 bits per heavy atom. The van der Waals surface area contributed by atoms with E-state index in [4.69, 9.17) is 0 Å². The molecule has 32 heavy (non-hydrogen) atoms. The van der Waals surface area contributed by atoms with E-state index in [1.165, 1.54) is 41.4 Å². The maximum atomic E-state index is 10.5. The largest absolute Gasteiger partial charge is 0.469 e. The van der Waals surface area contributed by atoms with Crippen LogP contribution >= 0.6 is 0 Å². The molecule has 7 N–H and O–H groups in total. The first kappa shape index (κ1) is 51.6. The summed E-state index contributed by atoms with van der Waals surface area (Å²) in [4.78, 5) is 45.0. The van der Waals surface area contributed by atoms with Gasteiger partial charge >= 0.3 is 17.9 Å². The lowest BCUT2D eigenvalue weighted by atomic mass is 10.3. The monoisotopic (exact) mass is 473 g/mol. The van der Waals surface area contributed by atoms with Gasteiger partial charge < -0.3 is 36.2 Å². The molecule has 12 heteroatoms. The molecule has 0 radical (unpaired) electrons. The number of nitrogens with one attached hydrogen (secondary N) is 1. The summed E-state index contributed by atoms with van der Waals surface area (Å²) in [5.74, 6) is -1.21. The number of allylic oxidation sites excluding steroid dienone is 1. The molecule has 0 saturated carbocycles. The van der Waals surface area contributed by atoms with Gasteiger partial charge in [0.05, 0.1) is 27.8 Å². The molecule has 0 aromatic rings. The number of nitrogens with two attached hydrogens (primary N) is 1. The fourth-order valence-electron chi connectivity index (χ4n) is 0.943. The minimum atomic E-state index is -0.475. The summed E-state index contributed by atoms with van der Waals surface area (Å²) >= 11 is 0. The van der Waals surface area contributed by atoms with Crippen molar-refractivity contribution in [1.82, 2.24) is 5.32 Å². The average molecular weight is 474 g/mol. The van der Waals surface area contributed by atoms with E-state index in [0.29, 0.717) is 6.42 Å². The summed E-state index contributed by atoms with van der Waals surface area (Å²) in [5, 5.41) is 2.79. The second-order valence-corrected chi connectivity index (χ2v) is 4.77. The minimum absolute atomic E-state index is 0. The number of methoxy groups -OCH3 is 3. The van der Waals surface area contributed by atoms with Crippen LogP contribution in [0.5, 0.6) is 0 Å². The number of ether oxygens (including phenoxy) is 3. The lowest BCUT2D eigenvalue weighted by Crippen LogP contribution is -2.05. The third-order valence-corrected chi connectivity index (χ3v) is 2.56. The summed E-state index contributed by atoms with van der Waals surface area (Å²) < 4.78 is 13.0. The summed E-state index contributed by atoms with van der Waals surface area (Å²) in [6.45, 7) is 4.92. The Labute approximate surface area is 193 Å². The molecule has 12 nitrogen and oxygen atoms in total. The number of carbonyl (C=O) groups excluding carboxylic acids is 4. The molecule has 0 aliphatic carbocycles. The van der Waals surface area contributed by atoms with Crippen molar-refractivity contribution in [2.45, 2.75) is 48.5 Å². The third kappa shape index (κ3) is 50.6. The zero-order chi connectivity index (χ0) is 23.1. The molecule has 0 amide bonds. The van der Waals surface area contributed by atoms with Crippen LogP contribution in [0.2, 0.25) is 0 Å². The van der Waals surface area contributed by atoms with Crippen molar-refractivity contribution in [1.29, 1.82) is 0 Å². The predicted molar refractivity (Wildman–Crippen MR) is 129 cm³/mol. The van der Waals surface area contributed by atoms with Gasteiger partial charge in [-0.05, 0) is 27.8 Å². The van der Waals surface area contributed by atoms with Crippen LogP contribution in [0, 0.1) is 0 Å². The number of carbonyl (C=O) groups is 4. The van der Waals surface area contributed by atoms with E-state index in [2.05, 4.69) is 30.3 Å². The number of Topliss-reactive ketones (excluding diaryl/α,β-unsaturated/α-hetero) is 1. The second kappa shape index (κ2) is 38.7. The molecule has 0 aliphatic rings. The summed E-state index contributed by atoms with van der Waals surface area (Å²) in [7, 11) is 8.87. The first-order chi connectivity index (χ1) is 13.1. The van der Waals surface area contributed by atoms with Crippen molar-refractivity contribution in [3.05, 3.63) is 11.8 Å². The van der Waals surface area contributed by atoms with Crippen LogP contribution in [0.25, 0.3) is 0 Å². The SMILES string of the molecule is C.C.CN.CN/C(C)=C/C(=O)OC.CN=C(C)CC(=O)OC.COC(=O)CC(C)=O.O.O. The number of hydrogen-bond donors (Lipinski definition) is 2. The Kier molecular flexibility index (Phi) is 62.5. The first-order valence-electron chi connectivity index (χ1n) is 8.14. The van der Waals surface area contributed by atoms with Gasteiger partial charge in [0.1, 0.15) is 12.2 Å². The summed E-state index contributed by atoms with van der Waals surface area (Å²) in [6, 6.07) is 0. The number of rotatable bonds is 6. The lowest BCUT2D eigenvalue weighted by Gasteiger charge is -1.95. The van der Waals surface area contributed by atoms with Gasteiger partial charge in [-0.2, -0.15) is 0 Å². The van der Waals surface area contributed by atoms with Gasteiger partial charge in [-0.1, -0.05) is 14.9 Å². The average Bonchev–Trinajstić information content (AvgIpc) is 2.69. The molecule has 0 spiro atoms. The highest BCUT2D eigenvalue weighted by atomic mass is 16.5. The zero-order valence-electron chi connectivity index (χ0n) is 19.4. The van der Waals surface area contributed by atoms with E-state index in [0.717, 1.165) is 11.4 Å². The normalized spacial score (nSPS) is 8.44. The van der Waals surface area contributed by atoms with Crippen LogP contribution in [-0.2, 0) is 33.4 Å². The van der Waals surface area contributed by atoms with Crippen LogP contribution in [0.4, 0.5) is 0 Å². The highest BCUT2D eigenvalue weighted by Gasteiger charge is 2.01. The van der Waals surface area contributed by atoms with Crippen molar-refractivity contribution in [2.24, 2.45) is 10.7 Å². The number of nitrogens with zero attached hydrogens (tertiary/aromatic N) is 1. The second-order valence-electron chi connectivity index (χ2n) is 4.77. The van der Waals surface area contributed by atoms with Gasteiger partial charge in [-0.3, -0.25) is 19.4 Å². The minimum Gasteiger partial charge on any atom is -0.469 e. The Hall–Kier alpha value is -2.83. The van der Waals surface area contributed by atoms with Gasteiger partial charge in [0.2, 0.25) is 0 Å². The summed E-state index contributed by atoms with van der Waals surface area (Å²) in [6.07, 6.45) is 1.57. The van der Waals surface area contributed by atoms with E-state index >= 15 is 0 Å². The number of aliphatic imine (C=N–C) groups is 1. The van der Waals surface area contributed by atoms with Gasteiger partial charge in [0, 0.05) is 31.6 Å². The van der Waals surface area contributed by atoms with E-state index in [1.807, 2.05) is 0 Å². The molecule has 0 rings (SSSR count). The summed E-state index contributed by atoms with van der Waals surface area (Å²) in [5.41, 5.74) is 6.09. The number of hydrogen-bond acceptors (Lipinski definition) is 10. The van der Waals surface area contributed by atoms with Crippen molar-refractivity contribution >= 4 is 29.4 Å². The third-order valence-electron chi connectivity index (χ3n) is 2.56. The fraction of sp³-hybridized carbons (Fsp3) is 0.650. The molecule has 0 aromatic carbocycles. The first-order valence-corrected chi connectivity index (χ1v) is 8.14. The van der Waals surface area contributed by atoms with E-state index < -0.39 is 5.97 Å². The highest BCUT2D eigenvalue weighted by molar-refractivity contribution is 5.97. The van der Waals surface area contributed by atoms with Crippen LogP contribution in [-0.4, -0.2) is 82.8 Å². The molecule has 0 atom stereocenters. The molecule has 0 aliphatic heterocycles. The van der Waals surface area contributed by atoms with Crippen molar-refractivity contribution in [3.63, 3.8) is 0 Å². The molecule has 196 valence electrons. The number of esters is 3. The molecule has 0 aromatic heterocycles. The topological polar surface area (TPSA) is 209 Å². The van der Waals surface area contributed by atoms with Crippen molar-refractivity contribution < 1.29 is 44.3 Å². The van der Waals surface area contributed by atoms with Crippen LogP contribution in [0.1, 0.15) is 48.5 Å². The van der Waals surface area contributed by atoms with E-state index in [9.17, 15) is 19.2 Å². The van der Waals surface area contributed by atoms with E-state index in [-0.39, 0.29) is 49.9 Å². The molecule has 0 heterocycles. The quantitative estimate of drug-likeness (QED) is 0.178. The maximum absolute atomic E-state index is 10.5. The van der Waals surface area contributed by atoms with E-state index in [1.54, 1.807) is 27.9 Å². The Morgan fingerprint density at radius 2 is 1.22 bits per heavy atom. The Morgan fingerprint density at radius 1 is 0.844 bits per heavy atom. The lowest BCUT2D eigenvalue weighted by molar-refractivity contribution is -0.143. The standard InChI is InChI=1S/2C6H11NO2.C5H8O3.CH5N.2CH4.2H2O/c2*1-5(7-2)4-6(8)9-3;1-4(6)3-5(7)8-2;1-2;;;;/h4H2,1-3H3;4,7H,1-3H3;3H2,1-2H3;2H2,1H3;2*1H4;2*1H2/b;5-4+;;;;;;. The predicted octanol–water partition coefficient (Wildman–Crippen LogP) is 0.259. The Balaban J connectivity index is -0.0000000408. The Bertz CT molecular complexity index is 520. The zero-order valence-corrected chi connectivity index (χ0v) is 19.4. The molecular formula is C20H47N3O9. The molecule has 0 unspecified atom stereocenters. The van der Waals surface area contributed by atoms with Gasteiger partial charge in [0.25, 0.3) is 0 Å². The van der Waals surface area contributed by atoms with Gasteiger partial charge in [-0.25, -0.2) is 4.79 Å². The molecule has 0 saturated heterocycles. The highest BCUT2D eigenvalue weighted by Crippen LogP contribution is 1.87.